The van der Waals surface area contributed by atoms with Crippen molar-refractivity contribution in [3.63, 3.8) is 0 Å². The summed E-state index contributed by atoms with van der Waals surface area (Å²) >= 11 is 0. The average Bonchev–Trinajstić information content (AvgIpc) is 3.28. The highest BCUT2D eigenvalue weighted by Gasteiger charge is 2.28. The van der Waals surface area contributed by atoms with E-state index in [1.165, 1.54) is 25.7 Å². The Bertz CT molecular complexity index is 732. The molecule has 0 spiro atoms. The van der Waals surface area contributed by atoms with Gasteiger partial charge in [-0.25, -0.2) is 0 Å². The molecule has 32 heavy (non-hydrogen) atoms. The lowest BCUT2D eigenvalue weighted by Gasteiger charge is -2.36. The molecule has 2 fully saturated rings. The van der Waals surface area contributed by atoms with Crippen molar-refractivity contribution in [2.24, 2.45) is 0 Å². The number of amides is 1. The average molecular weight is 447 g/mol. The van der Waals surface area contributed by atoms with Crippen molar-refractivity contribution in [1.29, 1.82) is 0 Å². The molecule has 6 heteroatoms. The van der Waals surface area contributed by atoms with Gasteiger partial charge in [0.05, 0.1) is 18.3 Å². The molecule has 1 aliphatic carbocycles. The molecular formula is C26H42N2O4. The van der Waals surface area contributed by atoms with E-state index in [9.17, 15) is 9.90 Å². The number of rotatable bonds is 10. The standard InChI is InChI=1S/C26H42N2O4/c1-19(8-7-15-26(2,3)30)27-25(29)23-18-22(31-4)11-12-24(23)32-21-13-16-28(17-14-21)20-9-5-6-10-20/h11-12,18-21,30H,5-10,13-17H2,1-4H3,(H,27,29). The summed E-state index contributed by atoms with van der Waals surface area (Å²) in [6.07, 6.45) is 9.90. The lowest BCUT2D eigenvalue weighted by molar-refractivity contribution is 0.0673. The van der Waals surface area contributed by atoms with E-state index in [1.54, 1.807) is 13.2 Å². The van der Waals surface area contributed by atoms with Gasteiger partial charge in [-0.2, -0.15) is 0 Å². The van der Waals surface area contributed by atoms with Gasteiger partial charge < -0.3 is 24.8 Å². The zero-order valence-corrected chi connectivity index (χ0v) is 20.4. The van der Waals surface area contributed by atoms with Gasteiger partial charge in [0.25, 0.3) is 5.91 Å². The number of piperidine rings is 1. The Morgan fingerprint density at radius 3 is 2.53 bits per heavy atom. The Hall–Kier alpha value is -1.79. The van der Waals surface area contributed by atoms with Gasteiger partial charge in [-0.15, -0.1) is 0 Å². The zero-order chi connectivity index (χ0) is 23.1. The first-order valence-corrected chi connectivity index (χ1v) is 12.4. The summed E-state index contributed by atoms with van der Waals surface area (Å²) in [5.41, 5.74) is -0.151. The first kappa shape index (κ1) is 24.8. The maximum Gasteiger partial charge on any atom is 0.255 e. The van der Waals surface area contributed by atoms with Crippen LogP contribution in [0.1, 0.15) is 88.9 Å². The zero-order valence-electron chi connectivity index (χ0n) is 20.4. The minimum Gasteiger partial charge on any atom is -0.497 e. The molecule has 1 atom stereocenters. The van der Waals surface area contributed by atoms with Gasteiger partial charge >= 0.3 is 0 Å². The summed E-state index contributed by atoms with van der Waals surface area (Å²) in [6, 6.07) is 6.25. The predicted molar refractivity (Wildman–Crippen MR) is 128 cm³/mol. The number of hydrogen-bond donors (Lipinski definition) is 2. The van der Waals surface area contributed by atoms with Gasteiger partial charge in [0.15, 0.2) is 0 Å². The number of carbonyl (C=O) groups excluding carboxylic acids is 1. The highest BCUT2D eigenvalue weighted by Crippen LogP contribution is 2.30. The molecule has 1 aromatic rings. The molecular weight excluding hydrogens is 404 g/mol. The number of likely N-dealkylation sites (tertiary alicyclic amines) is 1. The van der Waals surface area contributed by atoms with Gasteiger partial charge in [-0.1, -0.05) is 12.8 Å². The molecule has 1 heterocycles. The molecule has 6 nitrogen and oxygen atoms in total. The summed E-state index contributed by atoms with van der Waals surface area (Å²) in [4.78, 5) is 15.7. The normalized spacial score (nSPS) is 19.7. The Labute approximate surface area is 193 Å². The molecule has 2 aliphatic rings. The molecule has 0 radical (unpaired) electrons. The van der Waals surface area contributed by atoms with Crippen LogP contribution in [-0.4, -0.2) is 59.9 Å². The number of carbonyl (C=O) groups is 1. The topological polar surface area (TPSA) is 71.0 Å². The lowest BCUT2D eigenvalue weighted by atomic mass is 9.99. The van der Waals surface area contributed by atoms with Crippen LogP contribution in [0.5, 0.6) is 11.5 Å². The smallest absolute Gasteiger partial charge is 0.255 e. The van der Waals surface area contributed by atoms with E-state index >= 15 is 0 Å². The molecule has 1 aromatic carbocycles. The van der Waals surface area contributed by atoms with Crippen molar-refractivity contribution >= 4 is 5.91 Å². The quantitative estimate of drug-likeness (QED) is 0.552. The fourth-order valence-corrected chi connectivity index (χ4v) is 4.94. The van der Waals surface area contributed by atoms with Crippen molar-refractivity contribution in [2.75, 3.05) is 20.2 Å². The van der Waals surface area contributed by atoms with Crippen molar-refractivity contribution in [1.82, 2.24) is 10.2 Å². The van der Waals surface area contributed by atoms with E-state index in [-0.39, 0.29) is 18.1 Å². The number of benzene rings is 1. The molecule has 1 aliphatic heterocycles. The minimum atomic E-state index is -0.676. The number of nitrogens with zero attached hydrogens (tertiary/aromatic N) is 1. The van der Waals surface area contributed by atoms with E-state index in [4.69, 9.17) is 9.47 Å². The van der Waals surface area contributed by atoms with Crippen molar-refractivity contribution in [3.8, 4) is 11.5 Å². The van der Waals surface area contributed by atoms with E-state index in [1.807, 2.05) is 32.9 Å². The van der Waals surface area contributed by atoms with Crippen LogP contribution in [0.15, 0.2) is 18.2 Å². The SMILES string of the molecule is COc1ccc(OC2CCN(C3CCCC3)CC2)c(C(=O)NC(C)CCCC(C)(C)O)c1. The Balaban J connectivity index is 1.57. The van der Waals surface area contributed by atoms with Crippen LogP contribution in [0, 0.1) is 0 Å². The van der Waals surface area contributed by atoms with Crippen molar-refractivity contribution in [2.45, 2.75) is 102 Å². The van der Waals surface area contributed by atoms with Crippen LogP contribution >= 0.6 is 0 Å². The van der Waals surface area contributed by atoms with Crippen LogP contribution in [-0.2, 0) is 0 Å². The second-order valence-electron chi connectivity index (χ2n) is 10.2. The van der Waals surface area contributed by atoms with Crippen molar-refractivity contribution < 1.29 is 19.4 Å². The minimum absolute atomic E-state index is 0.0125. The number of nitrogens with one attached hydrogen (secondary N) is 1. The summed E-state index contributed by atoms with van der Waals surface area (Å²) in [7, 11) is 1.61. The van der Waals surface area contributed by atoms with E-state index in [2.05, 4.69) is 10.2 Å². The fourth-order valence-electron chi connectivity index (χ4n) is 4.94. The summed E-state index contributed by atoms with van der Waals surface area (Å²) in [6.45, 7) is 7.78. The molecule has 0 aromatic heterocycles. The molecule has 1 unspecified atom stereocenters. The highest BCUT2D eigenvalue weighted by atomic mass is 16.5. The van der Waals surface area contributed by atoms with Crippen molar-refractivity contribution in [3.05, 3.63) is 23.8 Å². The van der Waals surface area contributed by atoms with Crippen LogP contribution in [0.25, 0.3) is 0 Å². The third-order valence-corrected chi connectivity index (χ3v) is 6.85. The van der Waals surface area contributed by atoms with Crippen LogP contribution in [0.4, 0.5) is 0 Å². The maximum absolute atomic E-state index is 13.1. The van der Waals surface area contributed by atoms with E-state index in [0.717, 1.165) is 44.8 Å². The lowest BCUT2D eigenvalue weighted by Crippen LogP contribution is -2.43. The first-order chi connectivity index (χ1) is 15.2. The third-order valence-electron chi connectivity index (χ3n) is 6.85. The number of hydrogen-bond acceptors (Lipinski definition) is 5. The molecule has 2 N–H and O–H groups in total. The Kier molecular flexibility index (Phi) is 8.83. The Morgan fingerprint density at radius 2 is 1.91 bits per heavy atom. The summed E-state index contributed by atoms with van der Waals surface area (Å²) in [5, 5.41) is 13.0. The molecule has 3 rings (SSSR count). The van der Waals surface area contributed by atoms with Crippen LogP contribution < -0.4 is 14.8 Å². The number of methoxy groups -OCH3 is 1. The number of aliphatic hydroxyl groups is 1. The third kappa shape index (κ3) is 7.38. The summed E-state index contributed by atoms with van der Waals surface area (Å²) in [5.74, 6) is 1.14. The largest absolute Gasteiger partial charge is 0.497 e. The van der Waals surface area contributed by atoms with E-state index < -0.39 is 5.60 Å². The van der Waals surface area contributed by atoms with Gasteiger partial charge in [0.1, 0.15) is 17.6 Å². The second-order valence-corrected chi connectivity index (χ2v) is 10.2. The van der Waals surface area contributed by atoms with E-state index in [0.29, 0.717) is 23.5 Å². The first-order valence-electron chi connectivity index (χ1n) is 12.4. The molecule has 0 bridgehead atoms. The molecule has 180 valence electrons. The second kappa shape index (κ2) is 11.4. The van der Waals surface area contributed by atoms with Gasteiger partial charge in [0, 0.05) is 25.2 Å². The van der Waals surface area contributed by atoms with Gasteiger partial charge in [-0.05, 0) is 83.9 Å². The molecule has 1 saturated carbocycles. The fraction of sp³-hybridized carbons (Fsp3) is 0.731. The maximum atomic E-state index is 13.1. The summed E-state index contributed by atoms with van der Waals surface area (Å²) < 4.78 is 11.7. The number of ether oxygens (including phenoxy) is 2. The molecule has 1 saturated heterocycles. The van der Waals surface area contributed by atoms with Gasteiger partial charge in [0.2, 0.25) is 0 Å². The van der Waals surface area contributed by atoms with Crippen LogP contribution in [0.3, 0.4) is 0 Å². The predicted octanol–water partition coefficient (Wildman–Crippen LogP) is 4.54. The monoisotopic (exact) mass is 446 g/mol. The van der Waals surface area contributed by atoms with Crippen LogP contribution in [0.2, 0.25) is 0 Å². The highest BCUT2D eigenvalue weighted by molar-refractivity contribution is 5.97. The van der Waals surface area contributed by atoms with Gasteiger partial charge in [-0.3, -0.25) is 4.79 Å². The Morgan fingerprint density at radius 1 is 1.22 bits per heavy atom. The molecule has 1 amide bonds.